The number of quaternary nitrogens is 1. The monoisotopic (exact) mass is 223 g/mol. The molecule has 0 heterocycles. The Labute approximate surface area is 97.9 Å². The van der Waals surface area contributed by atoms with Crippen molar-refractivity contribution in [2.24, 2.45) is 0 Å². The number of carboxylic acid groups (broad SMARTS) is 1. The number of carbonyl (C=O) groups is 1. The molecule has 1 aromatic rings. The third-order valence-electron chi connectivity index (χ3n) is 2.56. The number of carbonyl (C=O) groups excluding carboxylic acids is 1. The fourth-order valence-electron chi connectivity index (χ4n) is 0.574. The van der Waals surface area contributed by atoms with Crippen molar-refractivity contribution in [1.82, 2.24) is 0 Å². The van der Waals surface area contributed by atoms with Crippen molar-refractivity contribution in [3.63, 3.8) is 0 Å². The van der Waals surface area contributed by atoms with Crippen LogP contribution in [0, 0.1) is 0 Å². The number of benzene rings is 1. The van der Waals surface area contributed by atoms with E-state index in [1.54, 1.807) is 18.2 Å². The molecule has 0 aromatic heterocycles. The molecule has 0 unspecified atom stereocenters. The fraction of sp³-hybridized carbons (Fsp3) is 0.462. The summed E-state index contributed by atoms with van der Waals surface area (Å²) in [6, 6.07) is 8.80. The van der Waals surface area contributed by atoms with Crippen LogP contribution in [0.4, 0.5) is 0 Å². The second-order valence-corrected chi connectivity index (χ2v) is 4.86. The topological polar surface area (TPSA) is 40.1 Å². The lowest BCUT2D eigenvalue weighted by Crippen LogP contribution is -2.41. The standard InChI is InChI=1S/C7H6O2.C6H16N/c8-7(9)6-4-2-1-3-5-6;1-6(2)7(3,4)5/h1-5H,(H,8,9);6H,1-5H3/q;+1/p-1. The van der Waals surface area contributed by atoms with Gasteiger partial charge in [-0.3, -0.25) is 0 Å². The van der Waals surface area contributed by atoms with E-state index in [0.29, 0.717) is 0 Å². The van der Waals surface area contributed by atoms with E-state index < -0.39 is 5.97 Å². The van der Waals surface area contributed by atoms with Gasteiger partial charge in [-0.1, -0.05) is 30.3 Å². The quantitative estimate of drug-likeness (QED) is 0.706. The van der Waals surface area contributed by atoms with Gasteiger partial charge in [0.05, 0.1) is 33.2 Å². The first-order chi connectivity index (χ1) is 7.25. The summed E-state index contributed by atoms with van der Waals surface area (Å²) in [6.07, 6.45) is 0. The first kappa shape index (κ1) is 14.6. The smallest absolute Gasteiger partial charge is 0.0827 e. The van der Waals surface area contributed by atoms with E-state index in [1.165, 1.54) is 12.1 Å². The fourth-order valence-corrected chi connectivity index (χ4v) is 0.574. The zero-order chi connectivity index (χ0) is 12.8. The summed E-state index contributed by atoms with van der Waals surface area (Å²) in [4.78, 5) is 10.1. The third kappa shape index (κ3) is 6.19. The average molecular weight is 223 g/mol. The normalized spacial score (nSPS) is 10.6. The lowest BCUT2D eigenvalue weighted by atomic mass is 10.2. The van der Waals surface area contributed by atoms with E-state index in [1.807, 2.05) is 0 Å². The summed E-state index contributed by atoms with van der Waals surface area (Å²) in [5.41, 5.74) is 0.220. The number of hydrogen-bond acceptors (Lipinski definition) is 2. The number of rotatable bonds is 2. The summed E-state index contributed by atoms with van der Waals surface area (Å²) in [7, 11) is 6.60. The Morgan fingerprint density at radius 3 is 1.69 bits per heavy atom. The van der Waals surface area contributed by atoms with E-state index in [4.69, 9.17) is 0 Å². The van der Waals surface area contributed by atoms with Crippen LogP contribution in [0.5, 0.6) is 0 Å². The highest BCUT2D eigenvalue weighted by Gasteiger charge is 2.10. The van der Waals surface area contributed by atoms with Gasteiger partial charge in [0.2, 0.25) is 0 Å². The molecule has 1 rings (SSSR count). The minimum Gasteiger partial charge on any atom is -0.545 e. The van der Waals surface area contributed by atoms with Gasteiger partial charge < -0.3 is 14.4 Å². The van der Waals surface area contributed by atoms with Crippen molar-refractivity contribution in [2.45, 2.75) is 19.9 Å². The molecule has 0 amide bonds. The number of nitrogens with zero attached hydrogens (tertiary/aromatic N) is 1. The van der Waals surface area contributed by atoms with Gasteiger partial charge >= 0.3 is 0 Å². The largest absolute Gasteiger partial charge is 0.545 e. The van der Waals surface area contributed by atoms with Gasteiger partial charge in [-0.15, -0.1) is 0 Å². The first-order valence-corrected chi connectivity index (χ1v) is 5.32. The van der Waals surface area contributed by atoms with Crippen molar-refractivity contribution < 1.29 is 14.4 Å². The Hall–Kier alpha value is -1.35. The molecule has 0 saturated carbocycles. The molecule has 3 nitrogen and oxygen atoms in total. The Morgan fingerprint density at radius 2 is 1.50 bits per heavy atom. The number of carboxylic acids is 1. The van der Waals surface area contributed by atoms with Gasteiger partial charge in [-0.25, -0.2) is 0 Å². The molecule has 16 heavy (non-hydrogen) atoms. The van der Waals surface area contributed by atoms with E-state index in [2.05, 4.69) is 35.0 Å². The lowest BCUT2D eigenvalue weighted by Gasteiger charge is -2.28. The molecule has 90 valence electrons. The molecule has 0 aliphatic rings. The second-order valence-electron chi connectivity index (χ2n) is 4.86. The first-order valence-electron chi connectivity index (χ1n) is 5.32. The average Bonchev–Trinajstić information content (AvgIpc) is 2.18. The van der Waals surface area contributed by atoms with Gasteiger partial charge in [-0.2, -0.15) is 0 Å². The van der Waals surface area contributed by atoms with Crippen molar-refractivity contribution in [3.05, 3.63) is 35.9 Å². The van der Waals surface area contributed by atoms with Crippen LogP contribution in [0.2, 0.25) is 0 Å². The summed E-state index contributed by atoms with van der Waals surface area (Å²) in [5, 5.41) is 10.1. The summed E-state index contributed by atoms with van der Waals surface area (Å²) in [5.74, 6) is -1.13. The number of hydrogen-bond donors (Lipinski definition) is 0. The number of aromatic carboxylic acids is 1. The Bertz CT molecular complexity index is 312. The molecule has 0 N–H and O–H groups in total. The lowest BCUT2D eigenvalue weighted by molar-refractivity contribution is -0.891. The predicted octanol–water partition coefficient (Wildman–Crippen LogP) is 1.15. The van der Waals surface area contributed by atoms with Crippen LogP contribution < -0.4 is 5.11 Å². The SMILES string of the molecule is CC(C)[N+](C)(C)C.O=C([O-])c1ccccc1. The maximum absolute atomic E-state index is 10.1. The molecule has 0 saturated heterocycles. The van der Waals surface area contributed by atoms with Crippen LogP contribution in [-0.2, 0) is 0 Å². The van der Waals surface area contributed by atoms with Gasteiger partial charge in [0.1, 0.15) is 0 Å². The minimum atomic E-state index is -1.13. The predicted molar refractivity (Wildman–Crippen MR) is 63.9 cm³/mol. The molecule has 0 fully saturated rings. The molecule has 0 aliphatic carbocycles. The minimum absolute atomic E-state index is 0.220. The van der Waals surface area contributed by atoms with Crippen molar-refractivity contribution in [2.75, 3.05) is 21.1 Å². The van der Waals surface area contributed by atoms with Crippen LogP contribution in [0.1, 0.15) is 24.2 Å². The maximum Gasteiger partial charge on any atom is 0.0827 e. The van der Waals surface area contributed by atoms with Crippen LogP contribution >= 0.6 is 0 Å². The molecule has 0 aliphatic heterocycles. The van der Waals surface area contributed by atoms with Crippen molar-refractivity contribution in [3.8, 4) is 0 Å². The second kappa shape index (κ2) is 6.28. The van der Waals surface area contributed by atoms with Crippen LogP contribution in [0.3, 0.4) is 0 Å². The Balaban J connectivity index is 0.000000293. The molecule has 0 spiro atoms. The van der Waals surface area contributed by atoms with Gasteiger partial charge in [-0.05, 0) is 19.4 Å². The molecular formula is C13H21NO2. The van der Waals surface area contributed by atoms with E-state index in [-0.39, 0.29) is 5.56 Å². The highest BCUT2D eigenvalue weighted by atomic mass is 16.4. The summed E-state index contributed by atoms with van der Waals surface area (Å²) < 4.78 is 1.06. The molecule has 0 bridgehead atoms. The molecule has 0 atom stereocenters. The molecular weight excluding hydrogens is 202 g/mol. The van der Waals surface area contributed by atoms with E-state index in [9.17, 15) is 9.90 Å². The van der Waals surface area contributed by atoms with Crippen LogP contribution in [0.15, 0.2) is 30.3 Å². The van der Waals surface area contributed by atoms with E-state index in [0.717, 1.165) is 10.5 Å². The Morgan fingerprint density at radius 1 is 1.12 bits per heavy atom. The van der Waals surface area contributed by atoms with Crippen molar-refractivity contribution >= 4 is 5.97 Å². The summed E-state index contributed by atoms with van der Waals surface area (Å²) >= 11 is 0. The highest BCUT2D eigenvalue weighted by Crippen LogP contribution is 1.97. The highest BCUT2D eigenvalue weighted by molar-refractivity contribution is 5.85. The summed E-state index contributed by atoms with van der Waals surface area (Å²) in [6.45, 7) is 4.44. The third-order valence-corrected chi connectivity index (χ3v) is 2.56. The van der Waals surface area contributed by atoms with Gasteiger partial charge in [0.25, 0.3) is 0 Å². The zero-order valence-electron chi connectivity index (χ0n) is 10.7. The molecule has 3 heteroatoms. The Kier molecular flexibility index (Phi) is 5.75. The molecule has 0 radical (unpaired) electrons. The van der Waals surface area contributed by atoms with E-state index >= 15 is 0 Å². The molecule has 1 aromatic carbocycles. The van der Waals surface area contributed by atoms with Crippen LogP contribution in [-0.4, -0.2) is 37.6 Å². The van der Waals surface area contributed by atoms with Gasteiger partial charge in [0, 0.05) is 0 Å². The van der Waals surface area contributed by atoms with Crippen molar-refractivity contribution in [1.29, 1.82) is 0 Å². The van der Waals surface area contributed by atoms with Crippen LogP contribution in [0.25, 0.3) is 0 Å². The zero-order valence-corrected chi connectivity index (χ0v) is 10.7. The maximum atomic E-state index is 10.1. The van der Waals surface area contributed by atoms with Gasteiger partial charge in [0.15, 0.2) is 0 Å².